The summed E-state index contributed by atoms with van der Waals surface area (Å²) >= 11 is 0. The van der Waals surface area contributed by atoms with Gasteiger partial charge in [-0.2, -0.15) is 0 Å². The zero-order chi connectivity index (χ0) is 23.0. The van der Waals surface area contributed by atoms with Crippen molar-refractivity contribution >= 4 is 21.6 Å². The van der Waals surface area contributed by atoms with Gasteiger partial charge < -0.3 is 14.8 Å². The third-order valence-electron chi connectivity index (χ3n) is 4.59. The molecule has 0 unspecified atom stereocenters. The van der Waals surface area contributed by atoms with Crippen molar-refractivity contribution < 1.29 is 22.7 Å². The Morgan fingerprint density at radius 1 is 1.06 bits per heavy atom. The highest BCUT2D eigenvalue weighted by atomic mass is 32.2. The SMILES string of the molecule is COc1ccc(C)cc1N(CC(=O)NCCCOC(C)C)S(=O)(=O)c1ccc(C)cc1. The van der Waals surface area contributed by atoms with Gasteiger partial charge in [0.25, 0.3) is 10.0 Å². The van der Waals surface area contributed by atoms with Crippen LogP contribution >= 0.6 is 0 Å². The summed E-state index contributed by atoms with van der Waals surface area (Å²) in [4.78, 5) is 12.8. The van der Waals surface area contributed by atoms with Crippen LogP contribution in [0.2, 0.25) is 0 Å². The molecular weight excluding hydrogens is 416 g/mol. The number of carbonyl (C=O) groups is 1. The van der Waals surface area contributed by atoms with Gasteiger partial charge in [0.1, 0.15) is 12.3 Å². The molecule has 0 fully saturated rings. The third kappa shape index (κ3) is 6.97. The van der Waals surface area contributed by atoms with E-state index in [1.54, 1.807) is 36.4 Å². The summed E-state index contributed by atoms with van der Waals surface area (Å²) in [5, 5.41) is 2.78. The summed E-state index contributed by atoms with van der Waals surface area (Å²) in [5.41, 5.74) is 2.12. The highest BCUT2D eigenvalue weighted by molar-refractivity contribution is 7.92. The summed E-state index contributed by atoms with van der Waals surface area (Å²) in [6.45, 7) is 8.19. The van der Waals surface area contributed by atoms with E-state index in [4.69, 9.17) is 9.47 Å². The lowest BCUT2D eigenvalue weighted by molar-refractivity contribution is -0.119. The number of carbonyl (C=O) groups excluding carboxylic acids is 1. The number of anilines is 1. The molecule has 0 aromatic heterocycles. The second-order valence-electron chi connectivity index (χ2n) is 7.62. The fraction of sp³-hybridized carbons (Fsp3) is 0.435. The summed E-state index contributed by atoms with van der Waals surface area (Å²) in [5.74, 6) is -0.0248. The standard InChI is InChI=1S/C23H32N2O5S/c1-17(2)30-14-6-13-24-23(26)16-25(21-15-19(4)9-12-22(21)29-5)31(27,28)20-10-7-18(3)8-11-20/h7-12,15,17H,6,13-14,16H2,1-5H3,(H,24,26). The number of ether oxygens (including phenoxy) is 2. The third-order valence-corrected chi connectivity index (χ3v) is 6.37. The maximum absolute atomic E-state index is 13.5. The Hall–Kier alpha value is -2.58. The number of rotatable bonds is 11. The number of aryl methyl sites for hydroxylation is 2. The van der Waals surface area contributed by atoms with Crippen molar-refractivity contribution in [3.63, 3.8) is 0 Å². The van der Waals surface area contributed by atoms with Crippen LogP contribution in [0.5, 0.6) is 5.75 Å². The van der Waals surface area contributed by atoms with Gasteiger partial charge in [-0.3, -0.25) is 9.10 Å². The van der Waals surface area contributed by atoms with Crippen LogP contribution < -0.4 is 14.4 Å². The first kappa shape index (κ1) is 24.7. The number of amides is 1. The number of nitrogens with one attached hydrogen (secondary N) is 1. The van der Waals surface area contributed by atoms with Crippen molar-refractivity contribution in [2.75, 3.05) is 31.1 Å². The Balaban J connectivity index is 2.30. The quantitative estimate of drug-likeness (QED) is 0.532. The van der Waals surface area contributed by atoms with Gasteiger partial charge in [-0.25, -0.2) is 8.42 Å². The van der Waals surface area contributed by atoms with Crippen molar-refractivity contribution in [3.8, 4) is 5.75 Å². The van der Waals surface area contributed by atoms with E-state index < -0.39 is 15.9 Å². The first-order chi connectivity index (χ1) is 14.6. The molecule has 0 aliphatic rings. The molecular formula is C23H32N2O5S. The molecule has 0 bridgehead atoms. The van der Waals surface area contributed by atoms with Crippen molar-refractivity contribution in [1.82, 2.24) is 5.32 Å². The molecule has 8 heteroatoms. The zero-order valence-corrected chi connectivity index (χ0v) is 19.7. The van der Waals surface area contributed by atoms with Gasteiger partial charge in [0, 0.05) is 13.2 Å². The van der Waals surface area contributed by atoms with Crippen LogP contribution in [-0.2, 0) is 19.6 Å². The molecule has 0 atom stereocenters. The molecule has 0 saturated carbocycles. The topological polar surface area (TPSA) is 84.9 Å². The minimum Gasteiger partial charge on any atom is -0.495 e. The molecule has 0 aliphatic heterocycles. The Kier molecular flexibility index (Phi) is 8.88. The number of benzene rings is 2. The van der Waals surface area contributed by atoms with Crippen LogP contribution in [0.1, 0.15) is 31.4 Å². The second-order valence-corrected chi connectivity index (χ2v) is 9.49. The van der Waals surface area contributed by atoms with Gasteiger partial charge in [-0.1, -0.05) is 23.8 Å². The van der Waals surface area contributed by atoms with Crippen LogP contribution in [-0.4, -0.2) is 47.2 Å². The summed E-state index contributed by atoms with van der Waals surface area (Å²) in [6, 6.07) is 11.8. The average molecular weight is 449 g/mol. The minimum absolute atomic E-state index is 0.111. The van der Waals surface area contributed by atoms with Crippen molar-refractivity contribution in [2.24, 2.45) is 0 Å². The second kappa shape index (κ2) is 11.2. The van der Waals surface area contributed by atoms with Crippen molar-refractivity contribution in [3.05, 3.63) is 53.6 Å². The van der Waals surface area contributed by atoms with Gasteiger partial charge in [-0.05, 0) is 63.9 Å². The molecule has 0 radical (unpaired) electrons. The molecule has 0 spiro atoms. The molecule has 7 nitrogen and oxygen atoms in total. The molecule has 2 rings (SSSR count). The van der Waals surface area contributed by atoms with Crippen LogP contribution in [0.3, 0.4) is 0 Å². The fourth-order valence-electron chi connectivity index (χ4n) is 2.94. The number of methoxy groups -OCH3 is 1. The summed E-state index contributed by atoms with van der Waals surface area (Å²) in [7, 11) is -2.52. The van der Waals surface area contributed by atoms with E-state index in [-0.39, 0.29) is 17.5 Å². The average Bonchev–Trinajstić information content (AvgIpc) is 2.71. The van der Waals surface area contributed by atoms with Crippen molar-refractivity contribution in [2.45, 2.75) is 45.1 Å². The normalized spacial score (nSPS) is 11.4. The first-order valence-corrected chi connectivity index (χ1v) is 11.7. The fourth-order valence-corrected chi connectivity index (χ4v) is 4.36. The van der Waals surface area contributed by atoms with E-state index in [9.17, 15) is 13.2 Å². The van der Waals surface area contributed by atoms with E-state index >= 15 is 0 Å². The molecule has 0 heterocycles. The van der Waals surface area contributed by atoms with E-state index in [1.165, 1.54) is 7.11 Å². The molecule has 2 aromatic rings. The minimum atomic E-state index is -3.99. The Morgan fingerprint density at radius 2 is 1.71 bits per heavy atom. The van der Waals surface area contributed by atoms with Gasteiger partial charge in [0.15, 0.2) is 0 Å². The number of hydrogen-bond acceptors (Lipinski definition) is 5. The van der Waals surface area contributed by atoms with E-state index in [2.05, 4.69) is 5.32 Å². The lowest BCUT2D eigenvalue weighted by Crippen LogP contribution is -2.41. The molecule has 31 heavy (non-hydrogen) atoms. The molecule has 0 saturated heterocycles. The maximum Gasteiger partial charge on any atom is 0.264 e. The lowest BCUT2D eigenvalue weighted by Gasteiger charge is -2.26. The zero-order valence-electron chi connectivity index (χ0n) is 18.8. The van der Waals surface area contributed by atoms with Gasteiger partial charge in [-0.15, -0.1) is 0 Å². The van der Waals surface area contributed by atoms with Crippen LogP contribution in [0.15, 0.2) is 47.4 Å². The van der Waals surface area contributed by atoms with E-state index in [0.717, 1.165) is 15.4 Å². The monoisotopic (exact) mass is 448 g/mol. The van der Waals surface area contributed by atoms with E-state index in [0.29, 0.717) is 31.0 Å². The molecule has 2 aromatic carbocycles. The summed E-state index contributed by atoms with van der Waals surface area (Å²) < 4.78 is 38.9. The molecule has 1 N–H and O–H groups in total. The Bertz CT molecular complexity index is 972. The van der Waals surface area contributed by atoms with Crippen LogP contribution in [0, 0.1) is 13.8 Å². The lowest BCUT2D eigenvalue weighted by atomic mass is 10.2. The van der Waals surface area contributed by atoms with Gasteiger partial charge in [0.2, 0.25) is 5.91 Å². The number of hydrogen-bond donors (Lipinski definition) is 1. The molecule has 170 valence electrons. The number of sulfonamides is 1. The molecule has 0 aliphatic carbocycles. The van der Waals surface area contributed by atoms with E-state index in [1.807, 2.05) is 33.8 Å². The van der Waals surface area contributed by atoms with Crippen LogP contribution in [0.4, 0.5) is 5.69 Å². The highest BCUT2D eigenvalue weighted by Gasteiger charge is 2.29. The van der Waals surface area contributed by atoms with Gasteiger partial charge >= 0.3 is 0 Å². The predicted octanol–water partition coefficient (Wildman–Crippen LogP) is 3.44. The first-order valence-electron chi connectivity index (χ1n) is 10.3. The Labute approximate surface area is 185 Å². The van der Waals surface area contributed by atoms with Crippen LogP contribution in [0.25, 0.3) is 0 Å². The molecule has 1 amide bonds. The summed E-state index contributed by atoms with van der Waals surface area (Å²) in [6.07, 6.45) is 0.766. The van der Waals surface area contributed by atoms with Crippen molar-refractivity contribution in [1.29, 1.82) is 0 Å². The number of nitrogens with zero attached hydrogens (tertiary/aromatic N) is 1. The predicted molar refractivity (Wildman–Crippen MR) is 122 cm³/mol. The Morgan fingerprint density at radius 3 is 2.32 bits per heavy atom. The van der Waals surface area contributed by atoms with Gasteiger partial charge in [0.05, 0.1) is 23.8 Å². The highest BCUT2D eigenvalue weighted by Crippen LogP contribution is 2.33. The largest absolute Gasteiger partial charge is 0.495 e. The maximum atomic E-state index is 13.5. The smallest absolute Gasteiger partial charge is 0.264 e.